The maximum atomic E-state index is 13.0. The minimum atomic E-state index is -4.54. The van der Waals surface area contributed by atoms with Crippen LogP contribution in [0.1, 0.15) is 11.1 Å². The first-order valence-corrected chi connectivity index (χ1v) is 9.14. The second kappa shape index (κ2) is 7.43. The highest BCUT2D eigenvalue weighted by molar-refractivity contribution is 7.99. The molecular weight excluding hydrogens is 413 g/mol. The van der Waals surface area contributed by atoms with E-state index in [1.165, 1.54) is 30.8 Å². The molecule has 0 aliphatic heterocycles. The van der Waals surface area contributed by atoms with E-state index in [9.17, 15) is 32.7 Å². The molecule has 0 aliphatic rings. The summed E-state index contributed by atoms with van der Waals surface area (Å²) < 4.78 is 42.3. The fraction of sp³-hybridized carbons (Fsp3) is 0.294. The number of halogens is 3. The first kappa shape index (κ1) is 20.7. The number of aryl methyl sites for hydroxylation is 1. The van der Waals surface area contributed by atoms with E-state index in [1.54, 1.807) is 0 Å². The summed E-state index contributed by atoms with van der Waals surface area (Å²) in [7, 11) is 2.65. The van der Waals surface area contributed by atoms with Gasteiger partial charge in [-0.05, 0) is 17.7 Å². The number of thioether (sulfide) groups is 1. The molecule has 0 aliphatic carbocycles. The predicted octanol–water partition coefficient (Wildman–Crippen LogP) is 0.343. The second-order valence-corrected chi connectivity index (χ2v) is 7.16. The molecule has 0 N–H and O–H groups in total. The van der Waals surface area contributed by atoms with Crippen molar-refractivity contribution in [1.29, 1.82) is 0 Å². The highest BCUT2D eigenvalue weighted by Crippen LogP contribution is 2.30. The molecule has 2 aromatic heterocycles. The summed E-state index contributed by atoms with van der Waals surface area (Å²) >= 11 is 0.743. The number of hydrogen-bond acceptors (Lipinski definition) is 6. The van der Waals surface area contributed by atoms with Crippen molar-refractivity contribution in [3.8, 4) is 0 Å². The third-order valence-electron chi connectivity index (χ3n) is 4.23. The lowest BCUT2D eigenvalue weighted by molar-refractivity contribution is -0.301. The number of carboxylic acids is 1. The summed E-state index contributed by atoms with van der Waals surface area (Å²) in [6.45, 7) is -0.177. The lowest BCUT2D eigenvalue weighted by Gasteiger charge is -2.12. The molecule has 3 rings (SSSR count). The van der Waals surface area contributed by atoms with E-state index in [4.69, 9.17) is 0 Å². The van der Waals surface area contributed by atoms with Crippen LogP contribution < -0.4 is 16.4 Å². The number of alkyl halides is 3. The van der Waals surface area contributed by atoms with Crippen LogP contribution in [-0.4, -0.2) is 30.4 Å². The highest BCUT2D eigenvalue weighted by atomic mass is 32.2. The lowest BCUT2D eigenvalue weighted by atomic mass is 10.1. The van der Waals surface area contributed by atoms with Crippen LogP contribution in [0.4, 0.5) is 13.2 Å². The van der Waals surface area contributed by atoms with Crippen molar-refractivity contribution in [3.05, 3.63) is 56.2 Å². The molecule has 0 unspecified atom stereocenters. The first-order chi connectivity index (χ1) is 13.5. The number of carbonyl (C=O) groups is 1. The minimum absolute atomic E-state index is 0.00549. The highest BCUT2D eigenvalue weighted by Gasteiger charge is 2.30. The number of imidazole rings is 1. The summed E-state index contributed by atoms with van der Waals surface area (Å²) in [4.78, 5) is 39.8. The summed E-state index contributed by atoms with van der Waals surface area (Å²) in [5.74, 6) is -1.87. The molecule has 0 atom stereocenters. The second-order valence-electron chi connectivity index (χ2n) is 6.22. The standard InChI is InChI=1S/C17H15F3N4O4S/c1-22-13-12(14(27)23(2)16(22)28)24(15(21-13)29-8-11(25)26)7-9-4-3-5-10(6-9)17(18,19)20/h3-6H,7-8H2,1-2H3,(H,25,26)/p-1. The van der Waals surface area contributed by atoms with E-state index >= 15 is 0 Å². The zero-order valence-electron chi connectivity index (χ0n) is 15.2. The van der Waals surface area contributed by atoms with Gasteiger partial charge in [-0.25, -0.2) is 9.78 Å². The third-order valence-corrected chi connectivity index (χ3v) is 5.18. The Morgan fingerprint density at radius 3 is 2.52 bits per heavy atom. The molecule has 29 heavy (non-hydrogen) atoms. The van der Waals surface area contributed by atoms with Gasteiger partial charge in [-0.3, -0.25) is 13.9 Å². The van der Waals surface area contributed by atoms with Crippen LogP contribution in [0.15, 0.2) is 39.0 Å². The monoisotopic (exact) mass is 427 g/mol. The quantitative estimate of drug-likeness (QED) is 0.545. The van der Waals surface area contributed by atoms with E-state index in [0.29, 0.717) is 0 Å². The van der Waals surface area contributed by atoms with Crippen LogP contribution in [0.2, 0.25) is 0 Å². The molecule has 12 heteroatoms. The Morgan fingerprint density at radius 1 is 1.21 bits per heavy atom. The van der Waals surface area contributed by atoms with Gasteiger partial charge in [-0.2, -0.15) is 13.2 Å². The summed E-state index contributed by atoms with van der Waals surface area (Å²) in [5.41, 5.74) is -1.97. The number of fused-ring (bicyclic) bond motifs is 1. The Hall–Kier alpha value is -3.02. The van der Waals surface area contributed by atoms with Crippen molar-refractivity contribution in [2.45, 2.75) is 17.9 Å². The first-order valence-electron chi connectivity index (χ1n) is 8.15. The Kier molecular flexibility index (Phi) is 5.30. The summed E-state index contributed by atoms with van der Waals surface area (Å²) in [6, 6.07) is 4.54. The molecule has 0 spiro atoms. The number of rotatable bonds is 5. The van der Waals surface area contributed by atoms with Gasteiger partial charge in [-0.1, -0.05) is 23.9 Å². The molecule has 0 saturated heterocycles. The largest absolute Gasteiger partial charge is 0.549 e. The molecule has 0 fully saturated rings. The number of aliphatic carboxylic acids is 1. The van der Waals surface area contributed by atoms with Crippen LogP contribution in [0.3, 0.4) is 0 Å². The van der Waals surface area contributed by atoms with Crippen molar-refractivity contribution in [2.24, 2.45) is 14.1 Å². The predicted molar refractivity (Wildman–Crippen MR) is 96.5 cm³/mol. The average Bonchev–Trinajstić information content (AvgIpc) is 3.01. The van der Waals surface area contributed by atoms with Crippen LogP contribution in [0, 0.1) is 0 Å². The zero-order chi connectivity index (χ0) is 21.5. The fourth-order valence-corrected chi connectivity index (χ4v) is 3.55. The molecule has 0 amide bonds. The van der Waals surface area contributed by atoms with Gasteiger partial charge in [0.05, 0.1) is 18.1 Å². The van der Waals surface area contributed by atoms with Crippen LogP contribution >= 0.6 is 11.8 Å². The Labute approximate surface area is 165 Å². The van der Waals surface area contributed by atoms with Gasteiger partial charge in [-0.15, -0.1) is 0 Å². The van der Waals surface area contributed by atoms with Crippen LogP contribution in [-0.2, 0) is 31.6 Å². The van der Waals surface area contributed by atoms with E-state index < -0.39 is 34.7 Å². The molecule has 0 radical (unpaired) electrons. The average molecular weight is 427 g/mol. The van der Waals surface area contributed by atoms with Crippen molar-refractivity contribution in [1.82, 2.24) is 18.7 Å². The van der Waals surface area contributed by atoms with Gasteiger partial charge in [0.25, 0.3) is 5.56 Å². The molecular formula is C17H14F3N4O4S-. The molecule has 3 aromatic rings. The van der Waals surface area contributed by atoms with E-state index in [1.807, 2.05) is 0 Å². The third kappa shape index (κ3) is 3.92. The van der Waals surface area contributed by atoms with Gasteiger partial charge in [0.2, 0.25) is 0 Å². The van der Waals surface area contributed by atoms with E-state index in [2.05, 4.69) is 4.98 Å². The molecule has 154 valence electrons. The maximum Gasteiger partial charge on any atom is 0.416 e. The smallest absolute Gasteiger partial charge is 0.416 e. The van der Waals surface area contributed by atoms with Crippen molar-refractivity contribution in [3.63, 3.8) is 0 Å². The number of aromatic nitrogens is 4. The molecule has 2 heterocycles. The maximum absolute atomic E-state index is 13.0. The SMILES string of the molecule is Cn1c(=O)c2c(nc(SCC(=O)[O-])n2Cc2cccc(C(F)(F)F)c2)n(C)c1=O. The van der Waals surface area contributed by atoms with Gasteiger partial charge < -0.3 is 14.5 Å². The van der Waals surface area contributed by atoms with Gasteiger partial charge in [0, 0.05) is 19.8 Å². The summed E-state index contributed by atoms with van der Waals surface area (Å²) in [5, 5.41) is 10.9. The number of benzene rings is 1. The lowest BCUT2D eigenvalue weighted by Crippen LogP contribution is -2.37. The molecule has 1 aromatic carbocycles. The van der Waals surface area contributed by atoms with E-state index in [-0.39, 0.29) is 28.4 Å². The minimum Gasteiger partial charge on any atom is -0.549 e. The topological polar surface area (TPSA) is 102 Å². The van der Waals surface area contributed by atoms with Gasteiger partial charge in [0.15, 0.2) is 16.3 Å². The molecule has 8 nitrogen and oxygen atoms in total. The van der Waals surface area contributed by atoms with Gasteiger partial charge >= 0.3 is 11.9 Å². The van der Waals surface area contributed by atoms with E-state index in [0.717, 1.165) is 33.0 Å². The van der Waals surface area contributed by atoms with Crippen molar-refractivity contribution >= 4 is 28.9 Å². The van der Waals surface area contributed by atoms with Crippen LogP contribution in [0.5, 0.6) is 0 Å². The Bertz CT molecular complexity index is 1230. The molecule has 0 saturated carbocycles. The number of hydrogen-bond donors (Lipinski definition) is 0. The zero-order valence-corrected chi connectivity index (χ0v) is 16.0. The van der Waals surface area contributed by atoms with Crippen molar-refractivity contribution in [2.75, 3.05) is 5.75 Å². The van der Waals surface area contributed by atoms with Crippen molar-refractivity contribution < 1.29 is 23.1 Å². The fourth-order valence-electron chi connectivity index (χ4n) is 2.84. The normalized spacial score (nSPS) is 11.9. The molecule has 0 bridgehead atoms. The number of carbonyl (C=O) groups excluding carboxylic acids is 1. The van der Waals surface area contributed by atoms with Crippen LogP contribution in [0.25, 0.3) is 11.2 Å². The number of carboxylic acid groups (broad SMARTS) is 1. The Morgan fingerprint density at radius 2 is 1.90 bits per heavy atom. The van der Waals surface area contributed by atoms with Gasteiger partial charge in [0.1, 0.15) is 0 Å². The number of nitrogens with zero attached hydrogens (tertiary/aromatic N) is 4. The summed E-state index contributed by atoms with van der Waals surface area (Å²) in [6.07, 6.45) is -4.54. The Balaban J connectivity index is 2.22.